The highest BCUT2D eigenvalue weighted by molar-refractivity contribution is 4.68. The van der Waals surface area contributed by atoms with Crippen molar-refractivity contribution >= 4 is 0 Å². The average Bonchev–Trinajstić information content (AvgIpc) is 2.34. The van der Waals surface area contributed by atoms with Gasteiger partial charge in [-0.3, -0.25) is 0 Å². The van der Waals surface area contributed by atoms with Gasteiger partial charge in [0.2, 0.25) is 0 Å². The van der Waals surface area contributed by atoms with Gasteiger partial charge in [0, 0.05) is 65.4 Å². The number of piperazine rings is 1. The van der Waals surface area contributed by atoms with Gasteiger partial charge in [0.05, 0.1) is 0 Å². The van der Waals surface area contributed by atoms with Crippen molar-refractivity contribution in [3.8, 4) is 0 Å². The molecule has 16 heavy (non-hydrogen) atoms. The van der Waals surface area contributed by atoms with Crippen molar-refractivity contribution in [3.63, 3.8) is 0 Å². The number of nitrogens with two attached hydrogens (primary N) is 2. The standard InChI is InChI=1S/C10H26N6/c11-1-3-13-4-8-15(7-2-12)16-9-5-14-6-10-16/h13-14H,1-12H2. The third-order valence-corrected chi connectivity index (χ3v) is 2.75. The van der Waals surface area contributed by atoms with Gasteiger partial charge in [0.1, 0.15) is 0 Å². The summed E-state index contributed by atoms with van der Waals surface area (Å²) in [6.07, 6.45) is 0. The van der Waals surface area contributed by atoms with Crippen LogP contribution in [0.2, 0.25) is 0 Å². The summed E-state index contributed by atoms with van der Waals surface area (Å²) in [7, 11) is 0. The maximum Gasteiger partial charge on any atom is 0.0259 e. The molecule has 0 bridgehead atoms. The number of hydrazine groups is 1. The zero-order valence-corrected chi connectivity index (χ0v) is 10.1. The predicted octanol–water partition coefficient (Wildman–Crippen LogP) is -2.38. The zero-order chi connectivity index (χ0) is 11.6. The van der Waals surface area contributed by atoms with Gasteiger partial charge in [0.25, 0.3) is 0 Å². The molecular weight excluding hydrogens is 204 g/mol. The van der Waals surface area contributed by atoms with Gasteiger partial charge in [-0.05, 0) is 0 Å². The van der Waals surface area contributed by atoms with Gasteiger partial charge < -0.3 is 22.1 Å². The molecule has 0 spiro atoms. The first-order valence-electron chi connectivity index (χ1n) is 6.20. The maximum atomic E-state index is 5.64. The number of rotatable bonds is 8. The highest BCUT2D eigenvalue weighted by Crippen LogP contribution is 1.98. The Bertz CT molecular complexity index is 159. The molecule has 0 radical (unpaired) electrons. The van der Waals surface area contributed by atoms with E-state index in [9.17, 15) is 0 Å². The lowest BCUT2D eigenvalue weighted by atomic mass is 10.4. The van der Waals surface area contributed by atoms with E-state index >= 15 is 0 Å². The molecule has 0 saturated carbocycles. The average molecular weight is 230 g/mol. The highest BCUT2D eigenvalue weighted by atomic mass is 15.6. The summed E-state index contributed by atoms with van der Waals surface area (Å²) in [6, 6.07) is 0. The summed E-state index contributed by atoms with van der Waals surface area (Å²) in [5, 5.41) is 11.4. The molecule has 0 aliphatic carbocycles. The molecule has 1 saturated heterocycles. The minimum atomic E-state index is 0.699. The Morgan fingerprint density at radius 1 is 1.06 bits per heavy atom. The van der Waals surface area contributed by atoms with Crippen LogP contribution in [0.1, 0.15) is 0 Å². The molecule has 6 nitrogen and oxygen atoms in total. The summed E-state index contributed by atoms with van der Waals surface area (Å²) >= 11 is 0. The molecule has 0 unspecified atom stereocenters. The van der Waals surface area contributed by atoms with Gasteiger partial charge in [0.15, 0.2) is 0 Å². The molecular formula is C10H26N6. The van der Waals surface area contributed by atoms with E-state index in [1.165, 1.54) is 0 Å². The molecule has 0 aromatic heterocycles. The summed E-state index contributed by atoms with van der Waals surface area (Å²) in [5.74, 6) is 0. The van der Waals surface area contributed by atoms with Crippen LogP contribution < -0.4 is 22.1 Å². The molecule has 1 aliphatic rings. The van der Waals surface area contributed by atoms with Crippen molar-refractivity contribution in [2.45, 2.75) is 0 Å². The topological polar surface area (TPSA) is 82.6 Å². The van der Waals surface area contributed by atoms with E-state index in [1.807, 2.05) is 0 Å². The quantitative estimate of drug-likeness (QED) is 0.349. The fourth-order valence-corrected chi connectivity index (χ4v) is 1.91. The van der Waals surface area contributed by atoms with Gasteiger partial charge in [-0.25, -0.2) is 10.0 Å². The number of nitrogens with one attached hydrogen (secondary N) is 2. The lowest BCUT2D eigenvalue weighted by Crippen LogP contribution is -2.55. The smallest absolute Gasteiger partial charge is 0.0259 e. The molecule has 0 aromatic rings. The van der Waals surface area contributed by atoms with Crippen LogP contribution in [0.3, 0.4) is 0 Å². The normalized spacial score (nSPS) is 18.2. The van der Waals surface area contributed by atoms with E-state index in [0.717, 1.165) is 52.4 Å². The molecule has 96 valence electrons. The van der Waals surface area contributed by atoms with E-state index in [2.05, 4.69) is 20.7 Å². The van der Waals surface area contributed by atoms with Crippen LogP contribution in [0.15, 0.2) is 0 Å². The molecule has 6 N–H and O–H groups in total. The van der Waals surface area contributed by atoms with E-state index < -0.39 is 0 Å². The van der Waals surface area contributed by atoms with Crippen molar-refractivity contribution in [3.05, 3.63) is 0 Å². The monoisotopic (exact) mass is 230 g/mol. The lowest BCUT2D eigenvalue weighted by Gasteiger charge is -2.37. The van der Waals surface area contributed by atoms with E-state index in [4.69, 9.17) is 11.5 Å². The summed E-state index contributed by atoms with van der Waals surface area (Å²) in [6.45, 7) is 9.51. The lowest BCUT2D eigenvalue weighted by molar-refractivity contribution is -0.0303. The Balaban J connectivity index is 2.22. The third-order valence-electron chi connectivity index (χ3n) is 2.75. The van der Waals surface area contributed by atoms with Crippen LogP contribution in [-0.2, 0) is 0 Å². The Hall–Kier alpha value is -0.240. The maximum absolute atomic E-state index is 5.64. The molecule has 1 rings (SSSR count). The van der Waals surface area contributed by atoms with E-state index in [-0.39, 0.29) is 0 Å². The summed E-state index contributed by atoms with van der Waals surface area (Å²) < 4.78 is 0. The zero-order valence-electron chi connectivity index (χ0n) is 10.1. The van der Waals surface area contributed by atoms with Gasteiger partial charge in [-0.1, -0.05) is 0 Å². The van der Waals surface area contributed by atoms with Crippen LogP contribution in [0.25, 0.3) is 0 Å². The second-order valence-electron chi connectivity index (χ2n) is 3.98. The van der Waals surface area contributed by atoms with Crippen LogP contribution in [0.5, 0.6) is 0 Å². The van der Waals surface area contributed by atoms with Crippen molar-refractivity contribution < 1.29 is 0 Å². The fourth-order valence-electron chi connectivity index (χ4n) is 1.91. The highest BCUT2D eigenvalue weighted by Gasteiger charge is 2.16. The molecule has 6 heteroatoms. The SMILES string of the molecule is NCCNCCN(CCN)N1CCNCC1. The predicted molar refractivity (Wildman–Crippen MR) is 67.0 cm³/mol. The van der Waals surface area contributed by atoms with Crippen molar-refractivity contribution in [2.75, 3.05) is 65.4 Å². The fraction of sp³-hybridized carbons (Fsp3) is 1.00. The van der Waals surface area contributed by atoms with Gasteiger partial charge in [-0.2, -0.15) is 0 Å². The first-order chi connectivity index (χ1) is 7.88. The largest absolute Gasteiger partial charge is 0.329 e. The van der Waals surface area contributed by atoms with Gasteiger partial charge in [-0.15, -0.1) is 0 Å². The molecule has 1 aliphatic heterocycles. The number of hydrogen-bond donors (Lipinski definition) is 4. The van der Waals surface area contributed by atoms with Gasteiger partial charge >= 0.3 is 0 Å². The van der Waals surface area contributed by atoms with Crippen molar-refractivity contribution in [2.24, 2.45) is 11.5 Å². The first-order valence-corrected chi connectivity index (χ1v) is 6.20. The first kappa shape index (κ1) is 13.8. The summed E-state index contributed by atoms with van der Waals surface area (Å²) in [4.78, 5) is 0. The molecule has 0 atom stereocenters. The van der Waals surface area contributed by atoms with E-state index in [1.54, 1.807) is 0 Å². The molecule has 1 fully saturated rings. The van der Waals surface area contributed by atoms with Crippen LogP contribution in [0.4, 0.5) is 0 Å². The minimum Gasteiger partial charge on any atom is -0.329 e. The second-order valence-corrected chi connectivity index (χ2v) is 3.98. The molecule has 0 amide bonds. The Morgan fingerprint density at radius 3 is 2.44 bits per heavy atom. The molecule has 0 aromatic carbocycles. The van der Waals surface area contributed by atoms with Crippen LogP contribution in [-0.4, -0.2) is 75.5 Å². The number of nitrogens with zero attached hydrogens (tertiary/aromatic N) is 2. The van der Waals surface area contributed by atoms with Crippen molar-refractivity contribution in [1.29, 1.82) is 0 Å². The Labute approximate surface area is 98.3 Å². The second kappa shape index (κ2) is 8.86. The van der Waals surface area contributed by atoms with Crippen LogP contribution >= 0.6 is 0 Å². The minimum absolute atomic E-state index is 0.699. The number of hydrogen-bond acceptors (Lipinski definition) is 6. The van der Waals surface area contributed by atoms with Crippen molar-refractivity contribution in [1.82, 2.24) is 20.7 Å². The third kappa shape index (κ3) is 5.20. The van der Waals surface area contributed by atoms with Crippen LogP contribution in [0, 0.1) is 0 Å². The Kier molecular flexibility index (Phi) is 7.65. The molecule has 1 heterocycles. The Morgan fingerprint density at radius 2 is 1.81 bits per heavy atom. The van der Waals surface area contributed by atoms with E-state index in [0.29, 0.717) is 13.1 Å². The summed E-state index contributed by atoms with van der Waals surface area (Å²) in [5.41, 5.74) is 11.1.